The molecule has 0 amide bonds. The minimum atomic E-state index is -0.673. The minimum absolute atomic E-state index is 0.563. The van der Waals surface area contributed by atoms with Crippen LogP contribution in [0, 0.1) is 0 Å². The zero-order valence-electron chi connectivity index (χ0n) is 9.97. The van der Waals surface area contributed by atoms with Gasteiger partial charge in [0.05, 0.1) is 12.8 Å². The first-order chi connectivity index (χ1) is 8.61. The van der Waals surface area contributed by atoms with Gasteiger partial charge in [0.2, 0.25) is 0 Å². The Bertz CT molecular complexity index is 638. The van der Waals surface area contributed by atoms with Gasteiger partial charge in [-0.05, 0) is 46.5 Å². The molecule has 2 aromatic rings. The van der Waals surface area contributed by atoms with Crippen LogP contribution in [0.25, 0.3) is 11.1 Å². The average molecular weight is 242 g/mol. The second-order valence-corrected chi connectivity index (χ2v) is 4.43. The van der Waals surface area contributed by atoms with Crippen molar-refractivity contribution >= 4 is 11.4 Å². The molecule has 0 bridgehead atoms. The van der Waals surface area contributed by atoms with Crippen LogP contribution < -0.4 is 16.2 Å². The Morgan fingerprint density at radius 3 is 2.50 bits per heavy atom. The summed E-state index contributed by atoms with van der Waals surface area (Å²) in [5, 5.41) is 10.3. The van der Waals surface area contributed by atoms with Gasteiger partial charge < -0.3 is 21.3 Å². The van der Waals surface area contributed by atoms with E-state index in [0.29, 0.717) is 17.1 Å². The predicted octanol–water partition coefficient (Wildman–Crippen LogP) is 1.92. The molecule has 0 spiro atoms. The van der Waals surface area contributed by atoms with Crippen LogP contribution in [0.5, 0.6) is 5.75 Å². The number of fused-ring (bicyclic) bond motifs is 3. The molecule has 0 radical (unpaired) electrons. The number of ether oxygens (including phenoxy) is 1. The summed E-state index contributed by atoms with van der Waals surface area (Å²) >= 11 is 0. The van der Waals surface area contributed by atoms with Crippen molar-refractivity contribution in [3.05, 3.63) is 41.5 Å². The molecule has 0 unspecified atom stereocenters. The number of anilines is 2. The second kappa shape index (κ2) is 3.65. The summed E-state index contributed by atoms with van der Waals surface area (Å²) in [6, 6.07) is 9.14. The van der Waals surface area contributed by atoms with Crippen molar-refractivity contribution in [2.24, 2.45) is 0 Å². The number of aliphatic hydroxyl groups is 1. The molecule has 18 heavy (non-hydrogen) atoms. The van der Waals surface area contributed by atoms with Crippen molar-refractivity contribution in [3.8, 4) is 16.9 Å². The summed E-state index contributed by atoms with van der Waals surface area (Å²) in [7, 11) is 1.56. The van der Waals surface area contributed by atoms with Crippen LogP contribution in [0.2, 0.25) is 0 Å². The van der Waals surface area contributed by atoms with Crippen LogP contribution >= 0.6 is 0 Å². The van der Waals surface area contributed by atoms with Crippen molar-refractivity contribution in [1.82, 2.24) is 0 Å². The van der Waals surface area contributed by atoms with Gasteiger partial charge in [-0.3, -0.25) is 0 Å². The van der Waals surface area contributed by atoms with Gasteiger partial charge in [-0.2, -0.15) is 0 Å². The molecule has 4 heteroatoms. The third-order valence-corrected chi connectivity index (χ3v) is 3.36. The van der Waals surface area contributed by atoms with E-state index in [2.05, 4.69) is 0 Å². The van der Waals surface area contributed by atoms with E-state index in [0.717, 1.165) is 22.3 Å². The zero-order valence-corrected chi connectivity index (χ0v) is 9.97. The number of aliphatic hydroxyl groups excluding tert-OH is 1. The summed E-state index contributed by atoms with van der Waals surface area (Å²) in [5.41, 5.74) is 16.4. The highest BCUT2D eigenvalue weighted by Gasteiger charge is 2.28. The molecule has 4 nitrogen and oxygen atoms in total. The predicted molar refractivity (Wildman–Crippen MR) is 71.3 cm³/mol. The molecule has 0 fully saturated rings. The SMILES string of the molecule is COc1cc2c(cc1N)-c1ccc(N)cc1[C@H]2O. The van der Waals surface area contributed by atoms with Crippen LogP contribution in [0.15, 0.2) is 30.3 Å². The molecule has 0 heterocycles. The lowest BCUT2D eigenvalue weighted by Gasteiger charge is -2.09. The summed E-state index contributed by atoms with van der Waals surface area (Å²) in [6.45, 7) is 0. The van der Waals surface area contributed by atoms with Crippen molar-refractivity contribution in [3.63, 3.8) is 0 Å². The number of methoxy groups -OCH3 is 1. The number of nitrogen functional groups attached to an aromatic ring is 2. The lowest BCUT2D eigenvalue weighted by atomic mass is 10.0. The molecule has 92 valence electrons. The van der Waals surface area contributed by atoms with Gasteiger partial charge in [0, 0.05) is 5.69 Å². The molecular formula is C14H14N2O2. The fourth-order valence-corrected chi connectivity index (χ4v) is 2.47. The van der Waals surface area contributed by atoms with Crippen LogP contribution in [0.3, 0.4) is 0 Å². The molecule has 1 aliphatic rings. The van der Waals surface area contributed by atoms with Crippen LogP contribution in [0.4, 0.5) is 11.4 Å². The molecule has 1 atom stereocenters. The van der Waals surface area contributed by atoms with E-state index in [-0.39, 0.29) is 0 Å². The van der Waals surface area contributed by atoms with Gasteiger partial charge in [0.25, 0.3) is 0 Å². The minimum Gasteiger partial charge on any atom is -0.495 e. The van der Waals surface area contributed by atoms with Gasteiger partial charge in [-0.25, -0.2) is 0 Å². The Kier molecular flexibility index (Phi) is 2.21. The maximum Gasteiger partial charge on any atom is 0.142 e. The number of nitrogens with two attached hydrogens (primary N) is 2. The molecule has 0 saturated carbocycles. The summed E-state index contributed by atoms with van der Waals surface area (Å²) < 4.78 is 5.18. The Morgan fingerprint density at radius 1 is 1.06 bits per heavy atom. The van der Waals surface area contributed by atoms with E-state index in [1.807, 2.05) is 18.2 Å². The maximum atomic E-state index is 10.3. The first kappa shape index (κ1) is 10.9. The molecule has 2 aromatic carbocycles. The topological polar surface area (TPSA) is 81.5 Å². The van der Waals surface area contributed by atoms with Crippen molar-refractivity contribution in [1.29, 1.82) is 0 Å². The standard InChI is InChI=1S/C14H14N2O2/c1-18-13-6-11-9(5-12(13)16)8-3-2-7(15)4-10(8)14(11)17/h2-6,14,17H,15-16H2,1H3/t14-/m1/s1. The van der Waals surface area contributed by atoms with E-state index in [4.69, 9.17) is 16.2 Å². The maximum absolute atomic E-state index is 10.3. The van der Waals surface area contributed by atoms with E-state index >= 15 is 0 Å². The van der Waals surface area contributed by atoms with Crippen LogP contribution in [-0.4, -0.2) is 12.2 Å². The molecule has 3 rings (SSSR count). The van der Waals surface area contributed by atoms with Gasteiger partial charge in [-0.15, -0.1) is 0 Å². The van der Waals surface area contributed by atoms with Crippen molar-refractivity contribution < 1.29 is 9.84 Å². The molecule has 0 aliphatic heterocycles. The lowest BCUT2D eigenvalue weighted by Crippen LogP contribution is -1.97. The van der Waals surface area contributed by atoms with Crippen molar-refractivity contribution in [2.45, 2.75) is 6.10 Å². The highest BCUT2D eigenvalue weighted by molar-refractivity contribution is 5.83. The van der Waals surface area contributed by atoms with Gasteiger partial charge in [0.15, 0.2) is 0 Å². The van der Waals surface area contributed by atoms with E-state index in [1.54, 1.807) is 19.2 Å². The third kappa shape index (κ3) is 1.36. The van der Waals surface area contributed by atoms with E-state index in [9.17, 15) is 5.11 Å². The van der Waals surface area contributed by atoms with E-state index < -0.39 is 6.10 Å². The molecule has 1 aliphatic carbocycles. The fraction of sp³-hybridized carbons (Fsp3) is 0.143. The summed E-state index contributed by atoms with van der Waals surface area (Å²) in [5.74, 6) is 0.577. The highest BCUT2D eigenvalue weighted by Crippen LogP contribution is 2.46. The van der Waals surface area contributed by atoms with Crippen molar-refractivity contribution in [2.75, 3.05) is 18.6 Å². The summed E-state index contributed by atoms with van der Waals surface area (Å²) in [4.78, 5) is 0. The largest absolute Gasteiger partial charge is 0.495 e. The molecule has 0 saturated heterocycles. The Balaban J connectivity index is 2.27. The van der Waals surface area contributed by atoms with Gasteiger partial charge in [-0.1, -0.05) is 6.07 Å². The number of benzene rings is 2. The van der Waals surface area contributed by atoms with Gasteiger partial charge in [0.1, 0.15) is 11.9 Å². The fourth-order valence-electron chi connectivity index (χ4n) is 2.47. The average Bonchev–Trinajstić information content (AvgIpc) is 2.61. The highest BCUT2D eigenvalue weighted by atomic mass is 16.5. The number of rotatable bonds is 1. The normalized spacial score (nSPS) is 16.2. The molecular weight excluding hydrogens is 228 g/mol. The molecule has 5 N–H and O–H groups in total. The van der Waals surface area contributed by atoms with Crippen LogP contribution in [-0.2, 0) is 0 Å². The smallest absolute Gasteiger partial charge is 0.142 e. The Morgan fingerprint density at radius 2 is 1.78 bits per heavy atom. The Labute approximate surface area is 105 Å². The summed E-state index contributed by atoms with van der Waals surface area (Å²) in [6.07, 6.45) is -0.673. The monoisotopic (exact) mass is 242 g/mol. The van der Waals surface area contributed by atoms with Gasteiger partial charge >= 0.3 is 0 Å². The Hall–Kier alpha value is -2.20. The first-order valence-electron chi connectivity index (χ1n) is 5.67. The quantitative estimate of drug-likeness (QED) is 0.667. The zero-order chi connectivity index (χ0) is 12.9. The first-order valence-corrected chi connectivity index (χ1v) is 5.67. The second-order valence-electron chi connectivity index (χ2n) is 4.43. The number of hydrogen-bond donors (Lipinski definition) is 3. The molecule has 0 aromatic heterocycles. The third-order valence-electron chi connectivity index (χ3n) is 3.36. The van der Waals surface area contributed by atoms with Crippen LogP contribution in [0.1, 0.15) is 17.2 Å². The number of hydrogen-bond acceptors (Lipinski definition) is 4. The lowest BCUT2D eigenvalue weighted by molar-refractivity contribution is 0.225. The van der Waals surface area contributed by atoms with E-state index in [1.165, 1.54) is 0 Å².